The summed E-state index contributed by atoms with van der Waals surface area (Å²) in [7, 11) is 0. The molecule has 0 fully saturated rings. The minimum absolute atomic E-state index is 0. The van der Waals surface area contributed by atoms with Crippen LogP contribution < -0.4 is 0 Å². The molecule has 2 radical (unpaired) electrons. The van der Waals surface area contributed by atoms with E-state index in [0.29, 0.717) is 0 Å². The summed E-state index contributed by atoms with van der Waals surface area (Å²) in [6, 6.07) is 0. The molecule has 0 unspecified atom stereocenters. The van der Waals surface area contributed by atoms with Crippen molar-refractivity contribution < 1.29 is 50.3 Å². The van der Waals surface area contributed by atoms with Crippen LogP contribution in [-0.4, -0.2) is 17.4 Å². The molecular formula is H3AlCoCuNi. The first-order valence-corrected chi connectivity index (χ1v) is 0. The van der Waals surface area contributed by atoms with Gasteiger partial charge in [-0.1, -0.05) is 0 Å². The molecule has 0 aliphatic rings. The first-order chi connectivity index (χ1) is 0. The molecule has 4 heteroatoms. The van der Waals surface area contributed by atoms with Crippen molar-refractivity contribution in [1.82, 2.24) is 0 Å². The van der Waals surface area contributed by atoms with Gasteiger partial charge in [-0.3, -0.25) is 0 Å². The van der Waals surface area contributed by atoms with Crippen molar-refractivity contribution in [2.24, 2.45) is 0 Å². The fourth-order valence-corrected chi connectivity index (χ4v) is 0. The van der Waals surface area contributed by atoms with Gasteiger partial charge in [-0.2, -0.15) is 0 Å². The average molecular weight is 211 g/mol. The van der Waals surface area contributed by atoms with E-state index in [2.05, 4.69) is 0 Å². The maximum Gasteiger partial charge on any atom is 0.187 e. The molecule has 0 atom stereocenters. The summed E-state index contributed by atoms with van der Waals surface area (Å²) in [5.74, 6) is 0. The molecule has 0 saturated heterocycles. The van der Waals surface area contributed by atoms with Crippen LogP contribution in [0.3, 0.4) is 0 Å². The van der Waals surface area contributed by atoms with Crippen molar-refractivity contribution in [2.45, 2.75) is 0 Å². The van der Waals surface area contributed by atoms with Gasteiger partial charge >= 0.3 is 0 Å². The molecule has 0 aromatic heterocycles. The van der Waals surface area contributed by atoms with Gasteiger partial charge in [-0.25, -0.2) is 0 Å². The quantitative estimate of drug-likeness (QED) is 0.442. The Morgan fingerprint density at radius 3 is 1.00 bits per heavy atom. The Kier molecular flexibility index (Phi) is 181. The van der Waals surface area contributed by atoms with Gasteiger partial charge in [0.2, 0.25) is 0 Å². The maximum absolute atomic E-state index is 0. The molecule has 0 bridgehead atoms. The monoisotopic (exact) mass is 210 g/mol. The first-order valence-electron chi connectivity index (χ1n) is 0. The van der Waals surface area contributed by atoms with Gasteiger partial charge in [0.1, 0.15) is 0 Å². The van der Waals surface area contributed by atoms with Crippen LogP contribution in [-0.2, 0) is 50.3 Å². The fourth-order valence-electron chi connectivity index (χ4n) is 0. The normalized spacial score (nSPS) is 0. The van der Waals surface area contributed by atoms with Crippen molar-refractivity contribution in [3.05, 3.63) is 0 Å². The first kappa shape index (κ1) is 36.7. The summed E-state index contributed by atoms with van der Waals surface area (Å²) in [6.45, 7) is 0. The van der Waals surface area contributed by atoms with Gasteiger partial charge in [0.15, 0.2) is 17.4 Å². The van der Waals surface area contributed by atoms with E-state index in [9.17, 15) is 0 Å². The van der Waals surface area contributed by atoms with E-state index in [4.69, 9.17) is 0 Å². The van der Waals surface area contributed by atoms with E-state index >= 15 is 0 Å². The molecule has 0 spiro atoms. The summed E-state index contributed by atoms with van der Waals surface area (Å²) in [6.07, 6.45) is 0. The Morgan fingerprint density at radius 2 is 1.00 bits per heavy atom. The van der Waals surface area contributed by atoms with Crippen molar-refractivity contribution in [3.63, 3.8) is 0 Å². The molecule has 0 amide bonds. The Labute approximate surface area is 67.2 Å². The van der Waals surface area contributed by atoms with E-state index in [-0.39, 0.29) is 67.7 Å². The van der Waals surface area contributed by atoms with E-state index in [0.717, 1.165) is 0 Å². The van der Waals surface area contributed by atoms with Crippen molar-refractivity contribution >= 4 is 17.4 Å². The zero-order valence-corrected chi connectivity index (χ0v) is 3.92. The van der Waals surface area contributed by atoms with Gasteiger partial charge in [0, 0.05) is 50.3 Å². The van der Waals surface area contributed by atoms with Crippen LogP contribution >= 0.6 is 0 Å². The summed E-state index contributed by atoms with van der Waals surface area (Å²) < 4.78 is 0. The van der Waals surface area contributed by atoms with E-state index in [1.807, 2.05) is 0 Å². The van der Waals surface area contributed by atoms with Crippen LogP contribution in [0.4, 0.5) is 0 Å². The number of rotatable bonds is 0. The van der Waals surface area contributed by atoms with Crippen LogP contribution in [0.15, 0.2) is 0 Å². The zero-order valence-electron chi connectivity index (χ0n) is 0.951. The third kappa shape index (κ3) is 8.96. The SMILES string of the molecule is [AlH3].[Co].[Cu].[Ni]. The van der Waals surface area contributed by atoms with Gasteiger partial charge in [-0.05, 0) is 0 Å². The topological polar surface area (TPSA) is 0 Å². The Bertz CT molecular complexity index is 8.00. The molecule has 0 aromatic carbocycles. The van der Waals surface area contributed by atoms with E-state index in [1.54, 1.807) is 0 Å². The Morgan fingerprint density at radius 1 is 1.00 bits per heavy atom. The standard InChI is InChI=1S/Al.Co.Cu.Ni.3H. The van der Waals surface area contributed by atoms with Crippen molar-refractivity contribution in [2.75, 3.05) is 0 Å². The molecule has 4 heavy (non-hydrogen) atoms. The molecular weight excluding hydrogens is 208 g/mol. The number of hydrogen-bond acceptors (Lipinski definition) is 0. The smallest absolute Gasteiger partial charge is 0 e. The fraction of sp³-hybridized carbons (Fsp3) is 0. The molecule has 36 valence electrons. The number of hydrogen-bond donors (Lipinski definition) is 0. The van der Waals surface area contributed by atoms with Crippen LogP contribution in [0.5, 0.6) is 0 Å². The van der Waals surface area contributed by atoms with E-state index in [1.165, 1.54) is 0 Å². The summed E-state index contributed by atoms with van der Waals surface area (Å²) >= 11 is 0. The largest absolute Gasteiger partial charge is 0.187 e. The van der Waals surface area contributed by atoms with Crippen LogP contribution in [0, 0.1) is 0 Å². The predicted octanol–water partition coefficient (Wildman–Crippen LogP) is -1.19. The predicted molar refractivity (Wildman–Crippen MR) is 9.94 cm³/mol. The Hall–Kier alpha value is 2.05. The van der Waals surface area contributed by atoms with Crippen molar-refractivity contribution in [1.29, 1.82) is 0 Å². The van der Waals surface area contributed by atoms with Crippen molar-refractivity contribution in [3.8, 4) is 0 Å². The van der Waals surface area contributed by atoms with Gasteiger partial charge in [-0.15, -0.1) is 0 Å². The molecule has 0 aliphatic heterocycles. The summed E-state index contributed by atoms with van der Waals surface area (Å²) in [5, 5.41) is 0. The second-order valence-electron chi connectivity index (χ2n) is 0. The minimum atomic E-state index is 0. The molecule has 0 aliphatic carbocycles. The molecule has 0 heterocycles. The van der Waals surface area contributed by atoms with Gasteiger partial charge in [0.25, 0.3) is 0 Å². The summed E-state index contributed by atoms with van der Waals surface area (Å²) in [5.41, 5.74) is 0. The maximum atomic E-state index is 0. The minimum Gasteiger partial charge on any atom is 0 e. The zero-order chi connectivity index (χ0) is 0. The second kappa shape index (κ2) is 19.7. The molecule has 0 saturated carbocycles. The van der Waals surface area contributed by atoms with Crippen LogP contribution in [0.25, 0.3) is 0 Å². The third-order valence-electron chi connectivity index (χ3n) is 0. The summed E-state index contributed by atoms with van der Waals surface area (Å²) in [4.78, 5) is 0. The third-order valence-corrected chi connectivity index (χ3v) is 0. The van der Waals surface area contributed by atoms with Gasteiger partial charge < -0.3 is 0 Å². The molecule has 0 aromatic rings. The van der Waals surface area contributed by atoms with Crippen LogP contribution in [0.1, 0.15) is 0 Å². The van der Waals surface area contributed by atoms with Gasteiger partial charge in [0.05, 0.1) is 0 Å². The Balaban J connectivity index is 0. The second-order valence-corrected chi connectivity index (χ2v) is 0. The van der Waals surface area contributed by atoms with Crippen LogP contribution in [0.2, 0.25) is 0 Å². The van der Waals surface area contributed by atoms with E-state index < -0.39 is 0 Å². The average Bonchev–Trinajstić information content (AvgIpc) is 0. The molecule has 0 nitrogen and oxygen atoms in total. The molecule has 0 N–H and O–H groups in total. The molecule has 0 rings (SSSR count).